The number of anilines is 2. The molecule has 1 aromatic heterocycles. The van der Waals surface area contributed by atoms with Crippen molar-refractivity contribution in [3.05, 3.63) is 29.6 Å². The summed E-state index contributed by atoms with van der Waals surface area (Å²) in [6.45, 7) is 4.15. The van der Waals surface area contributed by atoms with Gasteiger partial charge in [0, 0.05) is 25.6 Å². The number of nitrogens with zero attached hydrogens (tertiary/aromatic N) is 3. The molecule has 180 valence electrons. The van der Waals surface area contributed by atoms with Crippen molar-refractivity contribution in [2.24, 2.45) is 5.73 Å². The molecule has 2 aromatic rings. The molecule has 4 rings (SSSR count). The van der Waals surface area contributed by atoms with Gasteiger partial charge >= 0.3 is 0 Å². The second-order valence-electron chi connectivity index (χ2n) is 8.16. The summed E-state index contributed by atoms with van der Waals surface area (Å²) < 4.78 is 21.8. The molecule has 0 unspecified atom stereocenters. The van der Waals surface area contributed by atoms with Crippen LogP contribution in [0.1, 0.15) is 49.4 Å². The van der Waals surface area contributed by atoms with Crippen LogP contribution in [-0.4, -0.2) is 61.3 Å². The summed E-state index contributed by atoms with van der Waals surface area (Å²) in [5.41, 5.74) is 6.47. The average Bonchev–Trinajstić information content (AvgIpc) is 3.33. The molecule has 1 aliphatic heterocycles. The van der Waals surface area contributed by atoms with E-state index in [1.54, 1.807) is 0 Å². The van der Waals surface area contributed by atoms with E-state index in [2.05, 4.69) is 15.6 Å². The van der Waals surface area contributed by atoms with Crippen LogP contribution in [0.4, 0.5) is 11.9 Å². The number of fused-ring (bicyclic) bond motifs is 1. The number of hydrogen-bond acceptors (Lipinski definition) is 10. The minimum Gasteiger partial charge on any atom is -0.454 e. The average molecular weight is 459 g/mol. The van der Waals surface area contributed by atoms with Crippen molar-refractivity contribution in [2.45, 2.75) is 44.6 Å². The molecule has 0 bridgehead atoms. The van der Waals surface area contributed by atoms with Gasteiger partial charge in [0.1, 0.15) is 5.82 Å². The molecular weight excluding hydrogens is 424 g/mol. The second-order valence-corrected chi connectivity index (χ2v) is 8.16. The van der Waals surface area contributed by atoms with Gasteiger partial charge in [-0.1, -0.05) is 25.3 Å². The van der Waals surface area contributed by atoms with E-state index in [4.69, 9.17) is 34.6 Å². The lowest BCUT2D eigenvalue weighted by atomic mass is 9.89. The highest BCUT2D eigenvalue weighted by molar-refractivity contribution is 5.45. The first-order chi connectivity index (χ1) is 16.3. The van der Waals surface area contributed by atoms with Gasteiger partial charge in [-0.25, -0.2) is 0 Å². The molecule has 0 atom stereocenters. The summed E-state index contributed by atoms with van der Waals surface area (Å²) in [5, 5.41) is 6.62. The van der Waals surface area contributed by atoms with E-state index in [1.165, 1.54) is 19.3 Å². The van der Waals surface area contributed by atoms with Gasteiger partial charge in [-0.05, 0) is 30.5 Å². The van der Waals surface area contributed by atoms with Crippen LogP contribution in [0.25, 0.3) is 0 Å². The zero-order chi connectivity index (χ0) is 22.7. The van der Waals surface area contributed by atoms with E-state index >= 15 is 0 Å². The van der Waals surface area contributed by atoms with Gasteiger partial charge in [0.15, 0.2) is 11.5 Å². The Labute approximate surface area is 194 Å². The number of nitrogens with one attached hydrogen (secondary N) is 2. The molecule has 1 aromatic carbocycles. The molecule has 1 fully saturated rings. The van der Waals surface area contributed by atoms with Gasteiger partial charge in [0.05, 0.1) is 26.4 Å². The highest BCUT2D eigenvalue weighted by atomic mass is 16.7. The van der Waals surface area contributed by atoms with E-state index in [0.717, 1.165) is 35.7 Å². The van der Waals surface area contributed by atoms with E-state index in [9.17, 15) is 0 Å². The number of hydrogen-bond donors (Lipinski definition) is 3. The summed E-state index contributed by atoms with van der Waals surface area (Å²) >= 11 is 0. The van der Waals surface area contributed by atoms with Crippen LogP contribution in [0, 0.1) is 0 Å². The third-order valence-corrected chi connectivity index (χ3v) is 5.67. The third-order valence-electron chi connectivity index (χ3n) is 5.67. The Bertz CT molecular complexity index is 878. The lowest BCUT2D eigenvalue weighted by Gasteiger charge is -2.21. The van der Waals surface area contributed by atoms with Gasteiger partial charge in [-0.2, -0.15) is 15.0 Å². The van der Waals surface area contributed by atoms with Crippen molar-refractivity contribution in [1.82, 2.24) is 15.0 Å². The molecule has 0 radical (unpaired) electrons. The number of rotatable bonds is 13. The van der Waals surface area contributed by atoms with Crippen molar-refractivity contribution in [3.8, 4) is 11.5 Å². The minimum absolute atomic E-state index is 0.268. The molecule has 2 heterocycles. The Morgan fingerprint density at radius 1 is 0.879 bits per heavy atom. The van der Waals surface area contributed by atoms with Gasteiger partial charge < -0.3 is 35.3 Å². The molecule has 0 amide bonds. The van der Waals surface area contributed by atoms with E-state index in [0.29, 0.717) is 63.9 Å². The Hall–Kier alpha value is -2.69. The molecule has 10 heteroatoms. The minimum atomic E-state index is 0.268. The summed E-state index contributed by atoms with van der Waals surface area (Å²) in [6, 6.07) is 5.91. The Morgan fingerprint density at radius 2 is 1.64 bits per heavy atom. The molecule has 1 saturated carbocycles. The van der Waals surface area contributed by atoms with Crippen molar-refractivity contribution in [2.75, 3.05) is 56.9 Å². The quantitative estimate of drug-likeness (QED) is 0.386. The topological polar surface area (TPSA) is 126 Å². The fourth-order valence-electron chi connectivity index (χ4n) is 3.97. The maximum absolute atomic E-state index is 5.58. The monoisotopic (exact) mass is 458 g/mol. The predicted molar refractivity (Wildman–Crippen MR) is 125 cm³/mol. The second kappa shape index (κ2) is 12.5. The molecule has 4 N–H and O–H groups in total. The van der Waals surface area contributed by atoms with Gasteiger partial charge in [-0.15, -0.1) is 0 Å². The highest BCUT2D eigenvalue weighted by Gasteiger charge is 2.20. The predicted octanol–water partition coefficient (Wildman–Crippen LogP) is 2.66. The smallest absolute Gasteiger partial charge is 0.231 e. The summed E-state index contributed by atoms with van der Waals surface area (Å²) in [7, 11) is 0. The Morgan fingerprint density at radius 3 is 2.45 bits per heavy atom. The summed E-state index contributed by atoms with van der Waals surface area (Å²) in [6.07, 6.45) is 5.97. The molecule has 2 aliphatic rings. The molecule has 10 nitrogen and oxygen atoms in total. The van der Waals surface area contributed by atoms with Crippen molar-refractivity contribution in [3.63, 3.8) is 0 Å². The Balaban J connectivity index is 1.34. The SMILES string of the molecule is NCCOCCOCCNc1nc(NCc2ccc3c(c2)OCO3)nc(C2CCCCC2)n1. The molecule has 33 heavy (non-hydrogen) atoms. The van der Waals surface area contributed by atoms with Crippen molar-refractivity contribution < 1.29 is 18.9 Å². The lowest BCUT2D eigenvalue weighted by Crippen LogP contribution is -2.18. The van der Waals surface area contributed by atoms with Crippen LogP contribution < -0.4 is 25.8 Å². The van der Waals surface area contributed by atoms with Crippen molar-refractivity contribution in [1.29, 1.82) is 0 Å². The van der Waals surface area contributed by atoms with E-state index in [1.807, 2.05) is 18.2 Å². The maximum atomic E-state index is 5.58. The van der Waals surface area contributed by atoms with Crippen LogP contribution in [-0.2, 0) is 16.0 Å². The summed E-state index contributed by atoms with van der Waals surface area (Å²) in [4.78, 5) is 14.0. The van der Waals surface area contributed by atoms with E-state index < -0.39 is 0 Å². The van der Waals surface area contributed by atoms with Crippen molar-refractivity contribution >= 4 is 11.9 Å². The van der Waals surface area contributed by atoms with Crippen LogP contribution in [0.2, 0.25) is 0 Å². The first-order valence-corrected chi connectivity index (χ1v) is 11.8. The third kappa shape index (κ3) is 7.15. The molecule has 0 saturated heterocycles. The molecule has 0 spiro atoms. The highest BCUT2D eigenvalue weighted by Crippen LogP contribution is 2.33. The number of benzene rings is 1. The largest absolute Gasteiger partial charge is 0.454 e. The van der Waals surface area contributed by atoms with Crippen LogP contribution in [0.3, 0.4) is 0 Å². The fourth-order valence-corrected chi connectivity index (χ4v) is 3.97. The molecular formula is C23H34N6O4. The standard InChI is InChI=1S/C23H34N6O4/c24-8-10-30-12-13-31-11-9-25-22-27-21(18-4-2-1-3-5-18)28-23(29-22)26-15-17-6-7-19-20(14-17)33-16-32-19/h6-7,14,18H,1-5,8-13,15-16,24H2,(H2,25,26,27,28,29). The zero-order valence-corrected chi connectivity index (χ0v) is 19.1. The first-order valence-electron chi connectivity index (χ1n) is 11.8. The van der Waals surface area contributed by atoms with Gasteiger partial charge in [-0.3, -0.25) is 0 Å². The number of ether oxygens (including phenoxy) is 4. The van der Waals surface area contributed by atoms with Gasteiger partial charge in [0.25, 0.3) is 0 Å². The Kier molecular flexibility index (Phi) is 8.91. The van der Waals surface area contributed by atoms with Crippen LogP contribution >= 0.6 is 0 Å². The fraction of sp³-hybridized carbons (Fsp3) is 0.609. The van der Waals surface area contributed by atoms with Crippen LogP contribution in [0.15, 0.2) is 18.2 Å². The normalized spacial score (nSPS) is 15.5. The zero-order valence-electron chi connectivity index (χ0n) is 19.1. The lowest BCUT2D eigenvalue weighted by molar-refractivity contribution is 0.0547. The first kappa shape index (κ1) is 23.5. The summed E-state index contributed by atoms with van der Waals surface area (Å²) in [5.74, 6) is 3.92. The van der Waals surface area contributed by atoms with Gasteiger partial charge in [0.2, 0.25) is 18.7 Å². The maximum Gasteiger partial charge on any atom is 0.231 e. The number of nitrogens with two attached hydrogens (primary N) is 1. The molecule has 1 aliphatic carbocycles. The van der Waals surface area contributed by atoms with E-state index in [-0.39, 0.29) is 6.79 Å². The number of aromatic nitrogens is 3. The van der Waals surface area contributed by atoms with Crippen LogP contribution in [0.5, 0.6) is 11.5 Å².